The molecule has 1 aliphatic rings. The third kappa shape index (κ3) is 8.36. The van der Waals surface area contributed by atoms with Gasteiger partial charge in [-0.25, -0.2) is 0 Å². The first-order chi connectivity index (χ1) is 15.8. The molecule has 0 atom stereocenters. The summed E-state index contributed by atoms with van der Waals surface area (Å²) < 4.78 is 0. The SMILES string of the molecule is CC(=O)/C=C(/C)O.Cc1[c-]c(-c2ccc(C3CCC(c4ccccc4)CC3)cn2)cc(C)c1.[Pt]. The Morgan fingerprint density at radius 1 is 0.941 bits per heavy atom. The first-order valence-corrected chi connectivity index (χ1v) is 11.7. The van der Waals surface area contributed by atoms with Gasteiger partial charge in [0, 0.05) is 33.3 Å². The van der Waals surface area contributed by atoms with Crippen LogP contribution in [0.5, 0.6) is 0 Å². The first-order valence-electron chi connectivity index (χ1n) is 11.7. The fraction of sp³-hybridized carbons (Fsp3) is 0.333. The molecule has 0 bridgehead atoms. The molecular weight excluding hydrogens is 601 g/mol. The van der Waals surface area contributed by atoms with Crippen molar-refractivity contribution in [2.75, 3.05) is 0 Å². The van der Waals surface area contributed by atoms with Gasteiger partial charge in [0.05, 0.1) is 5.76 Å². The molecule has 1 saturated carbocycles. The zero-order chi connectivity index (χ0) is 23.8. The van der Waals surface area contributed by atoms with Crippen LogP contribution in [-0.4, -0.2) is 15.9 Å². The van der Waals surface area contributed by atoms with Crippen LogP contribution in [0.3, 0.4) is 0 Å². The minimum absolute atomic E-state index is 0. The first kappa shape index (κ1) is 27.7. The molecule has 3 aromatic rings. The largest absolute Gasteiger partial charge is 0.512 e. The molecule has 1 aliphatic carbocycles. The molecule has 4 heteroatoms. The average Bonchev–Trinajstić information content (AvgIpc) is 2.79. The van der Waals surface area contributed by atoms with E-state index in [1.807, 2.05) is 0 Å². The summed E-state index contributed by atoms with van der Waals surface area (Å²) in [6.45, 7) is 7.07. The third-order valence-electron chi connectivity index (χ3n) is 6.09. The summed E-state index contributed by atoms with van der Waals surface area (Å²) in [5, 5.41) is 8.36. The number of carbonyl (C=O) groups excluding carboxylic acids is 1. The Morgan fingerprint density at radius 2 is 1.56 bits per heavy atom. The summed E-state index contributed by atoms with van der Waals surface area (Å²) >= 11 is 0. The molecule has 0 aliphatic heterocycles. The van der Waals surface area contributed by atoms with E-state index in [1.54, 1.807) is 0 Å². The van der Waals surface area contributed by atoms with Crippen LogP contribution < -0.4 is 0 Å². The van der Waals surface area contributed by atoms with Gasteiger partial charge in [-0.05, 0) is 68.2 Å². The van der Waals surface area contributed by atoms with E-state index in [9.17, 15) is 4.79 Å². The van der Waals surface area contributed by atoms with Crippen molar-refractivity contribution in [1.29, 1.82) is 0 Å². The molecule has 4 rings (SSSR count). The van der Waals surface area contributed by atoms with Gasteiger partial charge in [-0.1, -0.05) is 56.3 Å². The number of hydrogen-bond acceptors (Lipinski definition) is 3. The minimum Gasteiger partial charge on any atom is -0.512 e. The molecule has 182 valence electrons. The maximum atomic E-state index is 10.0. The van der Waals surface area contributed by atoms with Gasteiger partial charge < -0.3 is 10.1 Å². The van der Waals surface area contributed by atoms with Crippen LogP contribution in [0, 0.1) is 19.9 Å². The topological polar surface area (TPSA) is 50.2 Å². The standard InChI is InChI=1S/C25H26N.C5H8O2.Pt/c1-18-14-19(2)16-24(15-18)25-13-12-23(17-26-25)22-10-8-21(9-11-22)20-6-4-3-5-7-20;1-4(6)3-5(2)7;/h3-7,12-15,17,21-22H,8-11H2,1-2H3;3,6H,1-2H3;/q-1;;/b;4-3-;. The predicted octanol–water partition coefficient (Wildman–Crippen LogP) is 7.64. The number of aliphatic hydroxyl groups excluding tert-OH is 1. The number of ketones is 1. The quantitative estimate of drug-likeness (QED) is 0.182. The summed E-state index contributed by atoms with van der Waals surface area (Å²) in [4.78, 5) is 14.8. The van der Waals surface area contributed by atoms with Gasteiger partial charge in [0.15, 0.2) is 5.78 Å². The Balaban J connectivity index is 0.000000449. The zero-order valence-electron chi connectivity index (χ0n) is 20.5. The number of carbonyl (C=O) groups is 1. The molecule has 0 unspecified atom stereocenters. The Labute approximate surface area is 218 Å². The van der Waals surface area contributed by atoms with E-state index < -0.39 is 0 Å². The Hall–Kier alpha value is -2.51. The van der Waals surface area contributed by atoms with Crippen LogP contribution in [0.25, 0.3) is 11.3 Å². The van der Waals surface area contributed by atoms with Crippen LogP contribution in [0.2, 0.25) is 0 Å². The van der Waals surface area contributed by atoms with E-state index in [0.717, 1.165) is 17.2 Å². The van der Waals surface area contributed by atoms with Crippen LogP contribution in [0.15, 0.2) is 72.6 Å². The minimum atomic E-state index is -0.125. The third-order valence-corrected chi connectivity index (χ3v) is 6.09. The van der Waals surface area contributed by atoms with E-state index in [-0.39, 0.29) is 32.6 Å². The van der Waals surface area contributed by atoms with Gasteiger partial charge >= 0.3 is 0 Å². The predicted molar refractivity (Wildman–Crippen MR) is 135 cm³/mol. The van der Waals surface area contributed by atoms with E-state index in [2.05, 4.69) is 80.7 Å². The van der Waals surface area contributed by atoms with E-state index >= 15 is 0 Å². The maximum absolute atomic E-state index is 10.0. The number of benzene rings is 2. The average molecular weight is 636 g/mol. The molecule has 0 radical (unpaired) electrons. The van der Waals surface area contributed by atoms with Crippen molar-refractivity contribution in [2.24, 2.45) is 0 Å². The van der Waals surface area contributed by atoms with Crippen molar-refractivity contribution >= 4 is 5.78 Å². The van der Waals surface area contributed by atoms with Gasteiger partial charge in [-0.2, -0.15) is 0 Å². The van der Waals surface area contributed by atoms with Crippen LogP contribution >= 0.6 is 0 Å². The van der Waals surface area contributed by atoms with Crippen molar-refractivity contribution in [3.8, 4) is 11.3 Å². The number of rotatable bonds is 4. The van der Waals surface area contributed by atoms with Crippen molar-refractivity contribution in [3.63, 3.8) is 0 Å². The van der Waals surface area contributed by atoms with Crippen molar-refractivity contribution in [3.05, 3.63) is 101 Å². The summed E-state index contributed by atoms with van der Waals surface area (Å²) in [5.74, 6) is 1.32. The van der Waals surface area contributed by atoms with Crippen molar-refractivity contribution < 1.29 is 31.0 Å². The Kier molecular flexibility index (Phi) is 10.9. The van der Waals surface area contributed by atoms with Crippen molar-refractivity contribution in [2.45, 2.75) is 65.2 Å². The number of nitrogens with zero attached hydrogens (tertiary/aromatic N) is 1. The number of aryl methyl sites for hydroxylation is 2. The summed E-state index contributed by atoms with van der Waals surface area (Å²) in [6.07, 6.45) is 8.34. The second kappa shape index (κ2) is 13.4. The van der Waals surface area contributed by atoms with Crippen LogP contribution in [0.1, 0.15) is 73.6 Å². The molecule has 0 spiro atoms. The summed E-state index contributed by atoms with van der Waals surface area (Å²) in [5.41, 5.74) is 7.46. The van der Waals surface area contributed by atoms with Crippen LogP contribution in [-0.2, 0) is 25.9 Å². The molecule has 0 saturated heterocycles. The molecule has 1 fully saturated rings. The number of allylic oxidation sites excluding steroid dienone is 2. The van der Waals surface area contributed by atoms with Crippen LogP contribution in [0.4, 0.5) is 0 Å². The number of hydrogen-bond donors (Lipinski definition) is 1. The monoisotopic (exact) mass is 635 g/mol. The fourth-order valence-corrected chi connectivity index (χ4v) is 4.62. The second-order valence-electron chi connectivity index (χ2n) is 9.09. The van der Waals surface area contributed by atoms with E-state index in [1.165, 1.54) is 67.9 Å². The smallest absolute Gasteiger partial charge is 0.155 e. The molecule has 1 heterocycles. The normalized spacial score (nSPS) is 17.7. The van der Waals surface area contributed by atoms with Gasteiger partial charge in [-0.15, -0.1) is 34.9 Å². The second-order valence-corrected chi connectivity index (χ2v) is 9.09. The molecule has 1 aromatic heterocycles. The molecule has 0 amide bonds. The Bertz CT molecular complexity index is 1060. The summed E-state index contributed by atoms with van der Waals surface area (Å²) in [6, 6.07) is 23.2. The molecule has 34 heavy (non-hydrogen) atoms. The van der Waals surface area contributed by atoms with Gasteiger partial charge in [0.1, 0.15) is 0 Å². The van der Waals surface area contributed by atoms with Gasteiger partial charge in [0.2, 0.25) is 0 Å². The number of pyridine rings is 1. The molecule has 1 N–H and O–H groups in total. The van der Waals surface area contributed by atoms with E-state index in [0.29, 0.717) is 5.92 Å². The molecular formula is C30H34NO2Pt-. The van der Waals surface area contributed by atoms with Crippen molar-refractivity contribution in [1.82, 2.24) is 4.98 Å². The summed E-state index contributed by atoms with van der Waals surface area (Å²) in [7, 11) is 0. The maximum Gasteiger partial charge on any atom is 0.155 e. The number of aliphatic hydroxyl groups is 1. The van der Waals surface area contributed by atoms with Gasteiger partial charge in [0.25, 0.3) is 0 Å². The van der Waals surface area contributed by atoms with Gasteiger partial charge in [-0.3, -0.25) is 4.79 Å². The van der Waals surface area contributed by atoms with E-state index in [4.69, 9.17) is 10.1 Å². The Morgan fingerprint density at radius 3 is 2.03 bits per heavy atom. The fourth-order valence-electron chi connectivity index (χ4n) is 4.62. The zero-order valence-corrected chi connectivity index (χ0v) is 22.7. The molecule has 3 nitrogen and oxygen atoms in total. The number of aromatic nitrogens is 1. The molecule has 2 aromatic carbocycles.